The predicted octanol–water partition coefficient (Wildman–Crippen LogP) is 7.32. The summed E-state index contributed by atoms with van der Waals surface area (Å²) in [5.41, 5.74) is 2.21. The number of anilines is 1. The highest BCUT2D eigenvalue weighted by atomic mass is 79.9. The van der Waals surface area contributed by atoms with E-state index in [1.807, 2.05) is 43.3 Å². The minimum absolute atomic E-state index is 0.316. The van der Waals surface area contributed by atoms with Gasteiger partial charge in [-0.3, -0.25) is 9.59 Å². The molecule has 0 unspecified atom stereocenters. The van der Waals surface area contributed by atoms with Crippen molar-refractivity contribution in [3.63, 3.8) is 0 Å². The van der Waals surface area contributed by atoms with Crippen molar-refractivity contribution in [3.05, 3.63) is 92.3 Å². The van der Waals surface area contributed by atoms with Gasteiger partial charge in [0.1, 0.15) is 6.61 Å². The Morgan fingerprint density at radius 2 is 1.70 bits per heavy atom. The summed E-state index contributed by atoms with van der Waals surface area (Å²) in [6.07, 6.45) is 1.67. The fraction of sp³-hybridized carbons (Fsp3) is 0.120. The van der Waals surface area contributed by atoms with Crippen molar-refractivity contribution in [2.45, 2.75) is 13.5 Å². The maximum Gasteiger partial charge on any atom is 0.298 e. The maximum absolute atomic E-state index is 13.0. The van der Waals surface area contributed by atoms with Crippen LogP contribution in [-0.4, -0.2) is 17.8 Å². The van der Waals surface area contributed by atoms with Gasteiger partial charge in [-0.15, -0.1) is 0 Å². The van der Waals surface area contributed by atoms with E-state index in [0.29, 0.717) is 50.4 Å². The molecule has 3 aromatic carbocycles. The molecule has 1 aliphatic rings. The second kappa shape index (κ2) is 10.5. The van der Waals surface area contributed by atoms with Crippen LogP contribution in [0.5, 0.6) is 11.5 Å². The first kappa shape index (κ1) is 23.4. The van der Waals surface area contributed by atoms with E-state index in [9.17, 15) is 9.59 Å². The van der Waals surface area contributed by atoms with Crippen molar-refractivity contribution in [2.75, 3.05) is 11.5 Å². The number of carbonyl (C=O) groups excluding carboxylic acids is 2. The minimum atomic E-state index is -0.387. The van der Waals surface area contributed by atoms with Gasteiger partial charge < -0.3 is 9.47 Å². The SMILES string of the molecule is CCOc1cc(/C=C2/SC(=O)N(c3ccc(Cl)cc3)C2=O)c(Br)cc1OCc1ccccc1. The topological polar surface area (TPSA) is 55.8 Å². The molecule has 0 saturated carbocycles. The highest BCUT2D eigenvalue weighted by Crippen LogP contribution is 2.40. The van der Waals surface area contributed by atoms with E-state index in [1.165, 1.54) is 0 Å². The van der Waals surface area contributed by atoms with Crippen LogP contribution in [0.4, 0.5) is 10.5 Å². The maximum atomic E-state index is 13.0. The third kappa shape index (κ3) is 5.43. The van der Waals surface area contributed by atoms with Crippen LogP contribution in [-0.2, 0) is 11.4 Å². The lowest BCUT2D eigenvalue weighted by Gasteiger charge is -2.14. The van der Waals surface area contributed by atoms with Crippen molar-refractivity contribution in [2.24, 2.45) is 0 Å². The van der Waals surface area contributed by atoms with Gasteiger partial charge in [0.2, 0.25) is 0 Å². The second-order valence-electron chi connectivity index (χ2n) is 7.02. The molecular formula is C25H19BrClNO4S. The van der Waals surface area contributed by atoms with Crippen LogP contribution in [0.2, 0.25) is 5.02 Å². The van der Waals surface area contributed by atoms with Gasteiger partial charge >= 0.3 is 0 Å². The fourth-order valence-corrected chi connectivity index (χ4v) is 4.59. The fourth-order valence-electron chi connectivity index (χ4n) is 3.20. The molecule has 0 atom stereocenters. The van der Waals surface area contributed by atoms with Crippen LogP contribution >= 0.6 is 39.3 Å². The largest absolute Gasteiger partial charge is 0.490 e. The Hall–Kier alpha value is -2.74. The van der Waals surface area contributed by atoms with E-state index in [2.05, 4.69) is 15.9 Å². The van der Waals surface area contributed by atoms with Crippen molar-refractivity contribution >= 4 is 62.2 Å². The number of rotatable bonds is 7. The van der Waals surface area contributed by atoms with Crippen molar-refractivity contribution in [1.29, 1.82) is 0 Å². The van der Waals surface area contributed by atoms with Crippen LogP contribution in [0.25, 0.3) is 6.08 Å². The molecule has 1 fully saturated rings. The molecule has 2 amide bonds. The first-order valence-corrected chi connectivity index (χ1v) is 12.1. The zero-order valence-corrected chi connectivity index (χ0v) is 20.7. The predicted molar refractivity (Wildman–Crippen MR) is 136 cm³/mol. The Balaban J connectivity index is 1.60. The molecule has 5 nitrogen and oxygen atoms in total. The average molecular weight is 545 g/mol. The van der Waals surface area contributed by atoms with Crippen LogP contribution in [0, 0.1) is 0 Å². The molecule has 1 aliphatic heterocycles. The number of carbonyl (C=O) groups is 2. The molecule has 0 spiro atoms. The Morgan fingerprint density at radius 1 is 1.00 bits per heavy atom. The molecular weight excluding hydrogens is 526 g/mol. The van der Waals surface area contributed by atoms with Gasteiger partial charge in [0.05, 0.1) is 17.2 Å². The molecule has 4 rings (SSSR count). The quantitative estimate of drug-likeness (QED) is 0.292. The van der Waals surface area contributed by atoms with Gasteiger partial charge in [0, 0.05) is 9.50 Å². The highest BCUT2D eigenvalue weighted by Gasteiger charge is 2.36. The molecule has 0 aromatic heterocycles. The Kier molecular flexibility index (Phi) is 7.42. The Morgan fingerprint density at radius 3 is 2.39 bits per heavy atom. The van der Waals surface area contributed by atoms with Gasteiger partial charge in [-0.2, -0.15) is 0 Å². The van der Waals surface area contributed by atoms with E-state index >= 15 is 0 Å². The van der Waals surface area contributed by atoms with E-state index in [0.717, 1.165) is 22.2 Å². The molecule has 3 aromatic rings. The standard InChI is InChI=1S/C25H19BrClNO4S/c1-2-31-21-12-17(20(26)14-22(21)32-15-16-6-4-3-5-7-16)13-23-24(29)28(25(30)33-23)19-10-8-18(27)9-11-19/h3-14H,2,15H2,1H3/b23-13+. The number of nitrogens with zero attached hydrogens (tertiary/aromatic N) is 1. The number of halogens is 2. The molecule has 0 N–H and O–H groups in total. The lowest BCUT2D eigenvalue weighted by Crippen LogP contribution is -2.27. The van der Waals surface area contributed by atoms with Crippen LogP contribution in [0.1, 0.15) is 18.1 Å². The van der Waals surface area contributed by atoms with Crippen LogP contribution in [0.15, 0.2) is 76.1 Å². The molecule has 8 heteroatoms. The minimum Gasteiger partial charge on any atom is -0.490 e. The summed E-state index contributed by atoms with van der Waals surface area (Å²) < 4.78 is 12.5. The van der Waals surface area contributed by atoms with Crippen molar-refractivity contribution in [1.82, 2.24) is 0 Å². The lowest BCUT2D eigenvalue weighted by molar-refractivity contribution is -0.113. The molecule has 168 valence electrons. The van der Waals surface area contributed by atoms with Gasteiger partial charge in [0.25, 0.3) is 11.1 Å². The summed E-state index contributed by atoms with van der Waals surface area (Å²) in [5.74, 6) is 0.750. The Labute approximate surface area is 209 Å². The summed E-state index contributed by atoms with van der Waals surface area (Å²) in [7, 11) is 0. The van der Waals surface area contributed by atoms with Crippen molar-refractivity contribution < 1.29 is 19.1 Å². The summed E-state index contributed by atoms with van der Waals surface area (Å²) >= 11 is 10.4. The monoisotopic (exact) mass is 543 g/mol. The zero-order valence-electron chi connectivity index (χ0n) is 17.6. The Bertz CT molecular complexity index is 1220. The van der Waals surface area contributed by atoms with Crippen LogP contribution in [0.3, 0.4) is 0 Å². The summed E-state index contributed by atoms with van der Waals surface area (Å²) in [5, 5.41) is 0.167. The van der Waals surface area contributed by atoms with E-state index in [4.69, 9.17) is 21.1 Å². The number of hydrogen-bond donors (Lipinski definition) is 0. The zero-order chi connectivity index (χ0) is 23.4. The van der Waals surface area contributed by atoms with E-state index < -0.39 is 0 Å². The normalized spacial score (nSPS) is 14.8. The molecule has 0 radical (unpaired) electrons. The van der Waals surface area contributed by atoms with Crippen LogP contribution < -0.4 is 14.4 Å². The first-order chi connectivity index (χ1) is 16.0. The lowest BCUT2D eigenvalue weighted by atomic mass is 10.1. The molecule has 0 aliphatic carbocycles. The summed E-state index contributed by atoms with van der Waals surface area (Å²) in [6, 6.07) is 20.0. The first-order valence-electron chi connectivity index (χ1n) is 10.1. The highest BCUT2D eigenvalue weighted by molar-refractivity contribution is 9.10. The third-order valence-electron chi connectivity index (χ3n) is 4.77. The van der Waals surface area contributed by atoms with Gasteiger partial charge in [-0.1, -0.05) is 57.9 Å². The number of imide groups is 1. The number of amides is 2. The van der Waals surface area contributed by atoms with Crippen molar-refractivity contribution in [3.8, 4) is 11.5 Å². The van der Waals surface area contributed by atoms with Gasteiger partial charge in [0.15, 0.2) is 11.5 Å². The number of benzene rings is 3. The third-order valence-corrected chi connectivity index (χ3v) is 6.57. The molecule has 33 heavy (non-hydrogen) atoms. The molecule has 1 heterocycles. The summed E-state index contributed by atoms with van der Waals surface area (Å²) in [4.78, 5) is 27.0. The van der Waals surface area contributed by atoms with Gasteiger partial charge in [-0.05, 0) is 72.3 Å². The second-order valence-corrected chi connectivity index (χ2v) is 9.31. The average Bonchev–Trinajstić information content (AvgIpc) is 3.09. The number of hydrogen-bond acceptors (Lipinski definition) is 5. The molecule has 0 bridgehead atoms. The number of thioether (sulfide) groups is 1. The van der Waals surface area contributed by atoms with E-state index in [1.54, 1.807) is 36.4 Å². The smallest absolute Gasteiger partial charge is 0.298 e. The number of ether oxygens (including phenoxy) is 2. The summed E-state index contributed by atoms with van der Waals surface area (Å²) in [6.45, 7) is 2.74. The van der Waals surface area contributed by atoms with E-state index in [-0.39, 0.29) is 11.1 Å². The molecule has 1 saturated heterocycles. The van der Waals surface area contributed by atoms with Gasteiger partial charge in [-0.25, -0.2) is 4.90 Å².